The van der Waals surface area contributed by atoms with Gasteiger partial charge in [-0.2, -0.15) is 0 Å². The minimum atomic E-state index is 0.0412. The highest BCUT2D eigenvalue weighted by molar-refractivity contribution is 5.79. The number of pyridine rings is 1. The third-order valence-electron chi connectivity index (χ3n) is 5.92. The standard InChI is InChI=1S/C24H29N7O/c1-4-6-9-20-16-30(17(3)5-2)24(32)31(20)15-19-13-12-18(14-25-19)21-10-7-8-11-22(21)23-26-28-29-27-23/h7-8,10-14,16-17H,4-6,9,15H2,1-3H3,(H,26,27,28,29). The summed E-state index contributed by atoms with van der Waals surface area (Å²) in [7, 11) is 0. The molecule has 3 aromatic heterocycles. The van der Waals surface area contributed by atoms with Gasteiger partial charge >= 0.3 is 5.69 Å². The van der Waals surface area contributed by atoms with Gasteiger partial charge in [-0.25, -0.2) is 9.89 Å². The van der Waals surface area contributed by atoms with Gasteiger partial charge in [-0.15, -0.1) is 5.10 Å². The molecular formula is C24H29N7O. The number of nitrogens with one attached hydrogen (secondary N) is 1. The Bertz CT molecular complexity index is 1210. The Kier molecular flexibility index (Phi) is 6.58. The van der Waals surface area contributed by atoms with Gasteiger partial charge in [0.15, 0.2) is 5.82 Å². The number of hydrogen-bond donors (Lipinski definition) is 1. The van der Waals surface area contributed by atoms with Gasteiger partial charge in [0.1, 0.15) is 0 Å². The zero-order valence-electron chi connectivity index (χ0n) is 18.8. The Balaban J connectivity index is 1.63. The molecule has 0 fully saturated rings. The number of aryl methyl sites for hydroxylation is 1. The lowest BCUT2D eigenvalue weighted by Gasteiger charge is -2.10. The van der Waals surface area contributed by atoms with Crippen LogP contribution in [0.3, 0.4) is 0 Å². The first-order valence-electron chi connectivity index (χ1n) is 11.2. The molecule has 0 spiro atoms. The lowest BCUT2D eigenvalue weighted by atomic mass is 10.0. The van der Waals surface area contributed by atoms with Crippen molar-refractivity contribution in [2.24, 2.45) is 0 Å². The van der Waals surface area contributed by atoms with Crippen molar-refractivity contribution in [1.29, 1.82) is 0 Å². The predicted molar refractivity (Wildman–Crippen MR) is 124 cm³/mol. The second-order valence-electron chi connectivity index (χ2n) is 8.09. The van der Waals surface area contributed by atoms with Crippen molar-refractivity contribution in [3.63, 3.8) is 0 Å². The van der Waals surface area contributed by atoms with E-state index in [4.69, 9.17) is 0 Å². The number of hydrogen-bond acceptors (Lipinski definition) is 5. The molecule has 3 heterocycles. The number of H-pyrrole nitrogens is 1. The molecule has 0 bridgehead atoms. The molecule has 0 aliphatic rings. The number of aromatic amines is 1. The van der Waals surface area contributed by atoms with Crippen LogP contribution >= 0.6 is 0 Å². The van der Waals surface area contributed by atoms with Crippen molar-refractivity contribution in [2.75, 3.05) is 0 Å². The molecule has 0 saturated carbocycles. The minimum absolute atomic E-state index is 0.0412. The quantitative estimate of drug-likeness (QED) is 0.427. The molecule has 0 amide bonds. The number of imidazole rings is 1. The van der Waals surface area contributed by atoms with Crippen LogP contribution in [0.5, 0.6) is 0 Å². The highest BCUT2D eigenvalue weighted by atomic mass is 16.1. The molecule has 0 radical (unpaired) electrons. The van der Waals surface area contributed by atoms with E-state index >= 15 is 0 Å². The summed E-state index contributed by atoms with van der Waals surface area (Å²) in [6, 6.07) is 12.1. The molecule has 166 valence electrons. The van der Waals surface area contributed by atoms with E-state index in [2.05, 4.69) is 46.4 Å². The second-order valence-corrected chi connectivity index (χ2v) is 8.09. The topological polar surface area (TPSA) is 94.3 Å². The van der Waals surface area contributed by atoms with E-state index in [1.54, 1.807) is 0 Å². The van der Waals surface area contributed by atoms with Crippen LogP contribution < -0.4 is 5.69 Å². The SMILES string of the molecule is CCCCc1cn(C(C)CC)c(=O)n1Cc1ccc(-c2ccccc2-c2nnn[nH]2)cn1. The van der Waals surface area contributed by atoms with Gasteiger partial charge in [-0.3, -0.25) is 14.1 Å². The molecule has 0 saturated heterocycles. The number of unbranched alkanes of at least 4 members (excludes halogenated alkanes) is 1. The van der Waals surface area contributed by atoms with Crippen LogP contribution in [0.15, 0.2) is 53.6 Å². The summed E-state index contributed by atoms with van der Waals surface area (Å²) in [6.45, 7) is 6.83. The lowest BCUT2D eigenvalue weighted by molar-refractivity contribution is 0.504. The van der Waals surface area contributed by atoms with Gasteiger partial charge in [0.25, 0.3) is 0 Å². The molecule has 1 N–H and O–H groups in total. The van der Waals surface area contributed by atoms with E-state index < -0.39 is 0 Å². The first-order chi connectivity index (χ1) is 15.6. The van der Waals surface area contributed by atoms with Crippen molar-refractivity contribution < 1.29 is 0 Å². The minimum Gasteiger partial charge on any atom is -0.296 e. The molecule has 8 heteroatoms. The van der Waals surface area contributed by atoms with Crippen molar-refractivity contribution in [2.45, 2.75) is 59.0 Å². The summed E-state index contributed by atoms with van der Waals surface area (Å²) in [6.07, 6.45) is 7.85. The normalized spacial score (nSPS) is 12.2. The number of tetrazole rings is 1. The average Bonchev–Trinajstić information content (AvgIpc) is 3.47. The Hall–Kier alpha value is -3.55. The summed E-state index contributed by atoms with van der Waals surface area (Å²) < 4.78 is 3.74. The van der Waals surface area contributed by atoms with Crippen LogP contribution in [0.25, 0.3) is 22.5 Å². The van der Waals surface area contributed by atoms with E-state index in [-0.39, 0.29) is 11.7 Å². The molecule has 4 rings (SSSR count). The fraction of sp³-hybridized carbons (Fsp3) is 0.375. The highest BCUT2D eigenvalue weighted by Gasteiger charge is 2.16. The van der Waals surface area contributed by atoms with Crippen LogP contribution in [0.4, 0.5) is 0 Å². The molecule has 8 nitrogen and oxygen atoms in total. The van der Waals surface area contributed by atoms with Crippen LogP contribution in [-0.2, 0) is 13.0 Å². The largest absolute Gasteiger partial charge is 0.328 e. The summed E-state index contributed by atoms with van der Waals surface area (Å²) in [5.74, 6) is 0.614. The van der Waals surface area contributed by atoms with E-state index in [1.165, 1.54) is 0 Å². The van der Waals surface area contributed by atoms with Crippen LogP contribution in [0, 0.1) is 0 Å². The fourth-order valence-electron chi connectivity index (χ4n) is 3.84. The van der Waals surface area contributed by atoms with Crippen molar-refractivity contribution in [1.82, 2.24) is 34.7 Å². The molecule has 1 atom stereocenters. The second kappa shape index (κ2) is 9.72. The zero-order valence-corrected chi connectivity index (χ0v) is 18.8. The van der Waals surface area contributed by atoms with Gasteiger partial charge in [0.05, 0.1) is 12.2 Å². The number of nitrogens with zero attached hydrogens (tertiary/aromatic N) is 6. The number of rotatable bonds is 9. The molecule has 32 heavy (non-hydrogen) atoms. The zero-order chi connectivity index (χ0) is 22.5. The first-order valence-corrected chi connectivity index (χ1v) is 11.2. The summed E-state index contributed by atoms with van der Waals surface area (Å²) in [5, 5.41) is 14.2. The molecule has 4 aromatic rings. The molecular weight excluding hydrogens is 402 g/mol. The van der Waals surface area contributed by atoms with E-state index in [0.29, 0.717) is 12.4 Å². The van der Waals surface area contributed by atoms with Crippen molar-refractivity contribution in [3.8, 4) is 22.5 Å². The van der Waals surface area contributed by atoms with Crippen LogP contribution in [0.2, 0.25) is 0 Å². The molecule has 0 aliphatic carbocycles. The third kappa shape index (κ3) is 4.39. The van der Waals surface area contributed by atoms with Gasteiger partial charge in [0.2, 0.25) is 0 Å². The molecule has 0 aliphatic heterocycles. The Morgan fingerprint density at radius 1 is 1.09 bits per heavy atom. The van der Waals surface area contributed by atoms with Crippen molar-refractivity contribution >= 4 is 0 Å². The van der Waals surface area contributed by atoms with E-state index in [0.717, 1.165) is 53.8 Å². The van der Waals surface area contributed by atoms with Gasteiger partial charge in [0, 0.05) is 35.3 Å². The molecule has 1 unspecified atom stereocenters. The fourth-order valence-corrected chi connectivity index (χ4v) is 3.84. The third-order valence-corrected chi connectivity index (χ3v) is 5.92. The van der Waals surface area contributed by atoms with Gasteiger partial charge in [-0.1, -0.05) is 50.6 Å². The summed E-state index contributed by atoms with van der Waals surface area (Å²) >= 11 is 0. The van der Waals surface area contributed by atoms with Crippen LogP contribution in [0.1, 0.15) is 57.5 Å². The smallest absolute Gasteiger partial charge is 0.296 e. The van der Waals surface area contributed by atoms with Gasteiger partial charge in [-0.05, 0) is 48.2 Å². The van der Waals surface area contributed by atoms with Crippen molar-refractivity contribution in [3.05, 3.63) is 70.7 Å². The maximum atomic E-state index is 13.1. The maximum Gasteiger partial charge on any atom is 0.328 e. The first kappa shape index (κ1) is 21.7. The maximum absolute atomic E-state index is 13.1. The molecule has 1 aromatic carbocycles. The lowest BCUT2D eigenvalue weighted by Crippen LogP contribution is -2.27. The van der Waals surface area contributed by atoms with E-state index in [1.807, 2.05) is 57.9 Å². The number of aromatic nitrogens is 7. The summed E-state index contributed by atoms with van der Waals surface area (Å²) in [4.78, 5) is 17.8. The number of benzene rings is 1. The monoisotopic (exact) mass is 431 g/mol. The van der Waals surface area contributed by atoms with Gasteiger partial charge < -0.3 is 0 Å². The average molecular weight is 432 g/mol. The highest BCUT2D eigenvalue weighted by Crippen LogP contribution is 2.29. The van der Waals surface area contributed by atoms with Crippen LogP contribution in [-0.4, -0.2) is 34.7 Å². The Morgan fingerprint density at radius 2 is 1.91 bits per heavy atom. The Labute approximate surface area is 187 Å². The van der Waals surface area contributed by atoms with E-state index in [9.17, 15) is 4.79 Å². The predicted octanol–water partition coefficient (Wildman–Crippen LogP) is 4.25. The Morgan fingerprint density at radius 3 is 2.56 bits per heavy atom. The summed E-state index contributed by atoms with van der Waals surface area (Å²) in [5.41, 5.74) is 4.85.